The van der Waals surface area contributed by atoms with Crippen LogP contribution >= 0.6 is 23.2 Å². The van der Waals surface area contributed by atoms with Gasteiger partial charge in [-0.05, 0) is 67.2 Å². The first kappa shape index (κ1) is 11.8. The molecule has 0 heterocycles. The minimum Gasteiger partial charge on any atom is -0.330 e. The molecule has 2 fully saturated rings. The topological polar surface area (TPSA) is 26.0 Å². The predicted octanol–water partition coefficient (Wildman–Crippen LogP) is 3.91. The highest BCUT2D eigenvalue weighted by molar-refractivity contribution is 6.36. The Balaban J connectivity index is 1.86. The number of fused-ring (bicyclic) bond motifs is 1. The molecule has 0 aromatic heterocycles. The zero-order valence-corrected chi connectivity index (χ0v) is 11.3. The Labute approximate surface area is 112 Å². The number of nitrogens with two attached hydrogens (primary N) is 1. The summed E-state index contributed by atoms with van der Waals surface area (Å²) in [4.78, 5) is 0. The van der Waals surface area contributed by atoms with Gasteiger partial charge in [-0.1, -0.05) is 29.3 Å². The molecule has 1 nitrogen and oxygen atoms in total. The normalized spacial score (nSPS) is 34.8. The third-order valence-corrected chi connectivity index (χ3v) is 5.21. The molecule has 92 valence electrons. The molecule has 0 bridgehead atoms. The second-order valence-corrected chi connectivity index (χ2v) is 6.56. The van der Waals surface area contributed by atoms with Crippen molar-refractivity contribution in [2.45, 2.75) is 25.7 Å². The minimum atomic E-state index is 0.252. The van der Waals surface area contributed by atoms with E-state index in [1.165, 1.54) is 19.3 Å². The van der Waals surface area contributed by atoms with Gasteiger partial charge in [0.1, 0.15) is 0 Å². The highest BCUT2D eigenvalue weighted by atomic mass is 35.5. The third-order valence-electron chi connectivity index (χ3n) is 4.51. The van der Waals surface area contributed by atoms with E-state index in [2.05, 4.69) is 0 Å². The van der Waals surface area contributed by atoms with E-state index in [4.69, 9.17) is 28.9 Å². The summed E-state index contributed by atoms with van der Waals surface area (Å²) in [6, 6.07) is 5.74. The zero-order valence-electron chi connectivity index (χ0n) is 9.76. The maximum absolute atomic E-state index is 6.25. The van der Waals surface area contributed by atoms with Gasteiger partial charge in [-0.2, -0.15) is 0 Å². The van der Waals surface area contributed by atoms with Crippen LogP contribution in [0.4, 0.5) is 0 Å². The lowest BCUT2D eigenvalue weighted by Gasteiger charge is -2.30. The van der Waals surface area contributed by atoms with Crippen LogP contribution in [-0.4, -0.2) is 6.54 Å². The van der Waals surface area contributed by atoms with Crippen molar-refractivity contribution in [3.05, 3.63) is 33.8 Å². The van der Waals surface area contributed by atoms with Crippen LogP contribution in [0.1, 0.15) is 24.8 Å². The van der Waals surface area contributed by atoms with Crippen LogP contribution in [0.2, 0.25) is 10.0 Å². The molecule has 2 aliphatic rings. The first-order valence-electron chi connectivity index (χ1n) is 6.26. The molecular weight excluding hydrogens is 253 g/mol. The van der Waals surface area contributed by atoms with E-state index in [0.29, 0.717) is 0 Å². The molecule has 3 rings (SSSR count). The van der Waals surface area contributed by atoms with Crippen LogP contribution in [0.15, 0.2) is 18.2 Å². The Morgan fingerprint density at radius 2 is 1.76 bits per heavy atom. The molecule has 0 saturated heterocycles. The lowest BCUT2D eigenvalue weighted by atomic mass is 9.77. The number of halogens is 2. The number of benzene rings is 1. The van der Waals surface area contributed by atoms with E-state index in [1.807, 2.05) is 18.2 Å². The van der Waals surface area contributed by atoms with Crippen molar-refractivity contribution in [1.29, 1.82) is 0 Å². The molecule has 0 spiro atoms. The first-order chi connectivity index (χ1) is 8.13. The van der Waals surface area contributed by atoms with Crippen molar-refractivity contribution < 1.29 is 0 Å². The van der Waals surface area contributed by atoms with Gasteiger partial charge in [0.15, 0.2) is 0 Å². The Morgan fingerprint density at radius 1 is 1.18 bits per heavy atom. The third kappa shape index (κ3) is 2.09. The molecule has 0 radical (unpaired) electrons. The first-order valence-corrected chi connectivity index (χ1v) is 7.02. The second kappa shape index (κ2) is 4.15. The van der Waals surface area contributed by atoms with E-state index in [-0.39, 0.29) is 5.41 Å². The SMILES string of the molecule is NCC1(Cc2c(Cl)cccc2Cl)CC2CC2C1. The fraction of sp³-hybridized carbons (Fsp3) is 0.571. The molecule has 2 unspecified atom stereocenters. The summed E-state index contributed by atoms with van der Waals surface area (Å²) in [6.07, 6.45) is 4.87. The number of hydrogen-bond acceptors (Lipinski definition) is 1. The highest BCUT2D eigenvalue weighted by Gasteiger charge is 2.53. The van der Waals surface area contributed by atoms with Gasteiger partial charge in [0.2, 0.25) is 0 Å². The molecular formula is C14H17Cl2N. The standard InChI is InChI=1S/C14H17Cl2N/c15-12-2-1-3-13(16)11(12)7-14(8-17)5-9-4-10(9)6-14/h1-3,9-10H,4-8,17H2. The maximum Gasteiger partial charge on any atom is 0.0453 e. The van der Waals surface area contributed by atoms with Crippen LogP contribution in [0.5, 0.6) is 0 Å². The van der Waals surface area contributed by atoms with Gasteiger partial charge in [0.25, 0.3) is 0 Å². The van der Waals surface area contributed by atoms with Crippen molar-refractivity contribution in [2.24, 2.45) is 23.0 Å². The Hall–Kier alpha value is -0.240. The number of rotatable bonds is 3. The largest absolute Gasteiger partial charge is 0.330 e. The lowest BCUT2D eigenvalue weighted by molar-refractivity contribution is 0.273. The van der Waals surface area contributed by atoms with Crippen LogP contribution in [0.3, 0.4) is 0 Å². The molecule has 17 heavy (non-hydrogen) atoms. The van der Waals surface area contributed by atoms with Gasteiger partial charge in [-0.3, -0.25) is 0 Å². The average molecular weight is 270 g/mol. The maximum atomic E-state index is 6.25. The summed E-state index contributed by atoms with van der Waals surface area (Å²) < 4.78 is 0. The molecule has 2 N–H and O–H groups in total. The van der Waals surface area contributed by atoms with Crippen LogP contribution in [0.25, 0.3) is 0 Å². The summed E-state index contributed by atoms with van der Waals surface area (Å²) in [7, 11) is 0. The molecule has 1 aromatic rings. The highest BCUT2D eigenvalue weighted by Crippen LogP contribution is 2.60. The average Bonchev–Trinajstić information content (AvgIpc) is 2.93. The summed E-state index contributed by atoms with van der Waals surface area (Å²) in [5.41, 5.74) is 7.35. The summed E-state index contributed by atoms with van der Waals surface area (Å²) in [6.45, 7) is 0.752. The zero-order chi connectivity index (χ0) is 12.0. The Morgan fingerprint density at radius 3 is 2.29 bits per heavy atom. The summed E-state index contributed by atoms with van der Waals surface area (Å²) in [5.74, 6) is 1.86. The van der Waals surface area contributed by atoms with Crippen LogP contribution < -0.4 is 5.73 Å². The monoisotopic (exact) mass is 269 g/mol. The van der Waals surface area contributed by atoms with E-state index in [0.717, 1.165) is 40.4 Å². The van der Waals surface area contributed by atoms with E-state index < -0.39 is 0 Å². The van der Waals surface area contributed by atoms with E-state index >= 15 is 0 Å². The smallest absolute Gasteiger partial charge is 0.0453 e. The molecule has 3 heteroatoms. The summed E-state index contributed by atoms with van der Waals surface area (Å²) in [5, 5.41) is 1.57. The quantitative estimate of drug-likeness (QED) is 0.885. The van der Waals surface area contributed by atoms with Crippen LogP contribution in [0, 0.1) is 17.3 Å². The van der Waals surface area contributed by atoms with Gasteiger partial charge in [0, 0.05) is 10.0 Å². The number of hydrogen-bond donors (Lipinski definition) is 1. The van der Waals surface area contributed by atoms with Crippen molar-refractivity contribution in [1.82, 2.24) is 0 Å². The minimum absolute atomic E-state index is 0.252. The molecule has 1 aromatic carbocycles. The lowest BCUT2D eigenvalue weighted by Crippen LogP contribution is -2.31. The van der Waals surface area contributed by atoms with Gasteiger partial charge in [0.05, 0.1) is 0 Å². The van der Waals surface area contributed by atoms with Crippen molar-refractivity contribution >= 4 is 23.2 Å². The van der Waals surface area contributed by atoms with Gasteiger partial charge in [-0.15, -0.1) is 0 Å². The van der Waals surface area contributed by atoms with Crippen molar-refractivity contribution in [2.75, 3.05) is 6.54 Å². The molecule has 2 atom stereocenters. The predicted molar refractivity (Wildman–Crippen MR) is 72.5 cm³/mol. The van der Waals surface area contributed by atoms with Crippen LogP contribution in [-0.2, 0) is 6.42 Å². The second-order valence-electron chi connectivity index (χ2n) is 5.75. The van der Waals surface area contributed by atoms with Gasteiger partial charge >= 0.3 is 0 Å². The molecule has 2 saturated carbocycles. The van der Waals surface area contributed by atoms with Gasteiger partial charge in [-0.25, -0.2) is 0 Å². The van der Waals surface area contributed by atoms with Crippen molar-refractivity contribution in [3.63, 3.8) is 0 Å². The fourth-order valence-electron chi connectivity index (χ4n) is 3.47. The molecule has 0 aliphatic heterocycles. The van der Waals surface area contributed by atoms with E-state index in [9.17, 15) is 0 Å². The Bertz CT molecular complexity index is 414. The Kier molecular flexibility index (Phi) is 2.89. The van der Waals surface area contributed by atoms with E-state index in [1.54, 1.807) is 0 Å². The van der Waals surface area contributed by atoms with Crippen molar-refractivity contribution in [3.8, 4) is 0 Å². The summed E-state index contributed by atoms with van der Waals surface area (Å²) >= 11 is 12.5. The molecule has 0 amide bonds. The van der Waals surface area contributed by atoms with Gasteiger partial charge < -0.3 is 5.73 Å². The molecule has 2 aliphatic carbocycles. The fourth-order valence-corrected chi connectivity index (χ4v) is 4.00.